The second-order valence-corrected chi connectivity index (χ2v) is 7.08. The first kappa shape index (κ1) is 16.5. The van der Waals surface area contributed by atoms with Crippen LogP contribution >= 0.6 is 0 Å². The average molecular weight is 323 g/mol. The lowest BCUT2D eigenvalue weighted by Gasteiger charge is -2.20. The van der Waals surface area contributed by atoms with Gasteiger partial charge < -0.3 is 4.57 Å². The van der Waals surface area contributed by atoms with Gasteiger partial charge in [0.1, 0.15) is 5.82 Å². The summed E-state index contributed by atoms with van der Waals surface area (Å²) in [5, 5.41) is 8.10. The molecule has 0 amide bonds. The van der Waals surface area contributed by atoms with E-state index in [9.17, 15) is 0 Å². The van der Waals surface area contributed by atoms with E-state index in [4.69, 9.17) is 0 Å². The standard InChI is InChI=1S/C19H25N5/c1-19(2,3)24-14-15(13-22-24)12-21-17(16-8-6-5-7-9-16)18-20-10-11-23(18)4/h5-11,13-14,17,21H,12H2,1-4H3/t17-/m1/s1. The Balaban J connectivity index is 1.81. The average Bonchev–Trinajstić information content (AvgIpc) is 3.18. The van der Waals surface area contributed by atoms with E-state index in [1.54, 1.807) is 0 Å². The Labute approximate surface area is 143 Å². The van der Waals surface area contributed by atoms with E-state index in [0.717, 1.165) is 12.4 Å². The summed E-state index contributed by atoms with van der Waals surface area (Å²) in [6.45, 7) is 7.19. The van der Waals surface area contributed by atoms with Crippen LogP contribution in [0.2, 0.25) is 0 Å². The van der Waals surface area contributed by atoms with Gasteiger partial charge >= 0.3 is 0 Å². The number of benzene rings is 1. The van der Waals surface area contributed by atoms with Crippen molar-refractivity contribution in [2.75, 3.05) is 0 Å². The van der Waals surface area contributed by atoms with Gasteiger partial charge in [-0.05, 0) is 26.3 Å². The highest BCUT2D eigenvalue weighted by Crippen LogP contribution is 2.21. The summed E-state index contributed by atoms with van der Waals surface area (Å²) in [6.07, 6.45) is 7.85. The largest absolute Gasteiger partial charge is 0.336 e. The van der Waals surface area contributed by atoms with Crippen molar-refractivity contribution in [1.82, 2.24) is 24.6 Å². The molecule has 2 heterocycles. The van der Waals surface area contributed by atoms with Crippen LogP contribution < -0.4 is 5.32 Å². The van der Waals surface area contributed by atoms with Gasteiger partial charge in [-0.15, -0.1) is 0 Å². The van der Waals surface area contributed by atoms with Crippen LogP contribution in [0.5, 0.6) is 0 Å². The molecule has 0 unspecified atom stereocenters. The number of imidazole rings is 1. The second-order valence-electron chi connectivity index (χ2n) is 7.08. The van der Waals surface area contributed by atoms with E-state index < -0.39 is 0 Å². The smallest absolute Gasteiger partial charge is 0.130 e. The molecule has 5 nitrogen and oxygen atoms in total. The van der Waals surface area contributed by atoms with Crippen molar-refractivity contribution in [2.45, 2.75) is 38.9 Å². The zero-order chi connectivity index (χ0) is 17.2. The van der Waals surface area contributed by atoms with Crippen LogP contribution in [0.3, 0.4) is 0 Å². The number of hydrogen-bond acceptors (Lipinski definition) is 3. The molecule has 0 saturated carbocycles. The fourth-order valence-electron chi connectivity index (χ4n) is 2.70. The lowest BCUT2D eigenvalue weighted by Crippen LogP contribution is -2.25. The molecule has 5 heteroatoms. The fourth-order valence-corrected chi connectivity index (χ4v) is 2.70. The minimum absolute atomic E-state index is 0.00322. The van der Waals surface area contributed by atoms with Gasteiger partial charge in [-0.2, -0.15) is 5.10 Å². The van der Waals surface area contributed by atoms with E-state index in [1.165, 1.54) is 11.1 Å². The summed E-state index contributed by atoms with van der Waals surface area (Å²) in [5.74, 6) is 1.00. The summed E-state index contributed by atoms with van der Waals surface area (Å²) in [4.78, 5) is 4.53. The quantitative estimate of drug-likeness (QED) is 0.784. The van der Waals surface area contributed by atoms with Crippen LogP contribution in [0.25, 0.3) is 0 Å². The Kier molecular flexibility index (Phi) is 4.53. The Morgan fingerprint density at radius 3 is 2.50 bits per heavy atom. The van der Waals surface area contributed by atoms with Gasteiger partial charge in [0.2, 0.25) is 0 Å². The Bertz CT molecular complexity index is 779. The SMILES string of the molecule is Cn1ccnc1[C@H](NCc1cnn(C(C)(C)C)c1)c1ccccc1. The maximum absolute atomic E-state index is 4.53. The Morgan fingerprint density at radius 2 is 1.92 bits per heavy atom. The van der Waals surface area contributed by atoms with Crippen LogP contribution in [-0.2, 0) is 19.1 Å². The van der Waals surface area contributed by atoms with Crippen molar-refractivity contribution in [2.24, 2.45) is 7.05 Å². The highest BCUT2D eigenvalue weighted by molar-refractivity contribution is 5.25. The number of aromatic nitrogens is 4. The van der Waals surface area contributed by atoms with E-state index in [1.807, 2.05) is 36.4 Å². The molecule has 0 aliphatic heterocycles. The van der Waals surface area contributed by atoms with Gasteiger partial charge in [0.15, 0.2) is 0 Å². The summed E-state index contributed by atoms with van der Waals surface area (Å²) in [6, 6.07) is 10.5. The van der Waals surface area contributed by atoms with Crippen LogP contribution in [0.4, 0.5) is 0 Å². The first-order chi connectivity index (χ1) is 11.4. The molecule has 24 heavy (non-hydrogen) atoms. The van der Waals surface area contributed by atoms with E-state index in [0.29, 0.717) is 0 Å². The van der Waals surface area contributed by atoms with Gasteiger partial charge in [-0.25, -0.2) is 4.98 Å². The van der Waals surface area contributed by atoms with E-state index in [2.05, 4.69) is 71.2 Å². The molecule has 1 N–H and O–H groups in total. The van der Waals surface area contributed by atoms with Gasteiger partial charge in [0.05, 0.1) is 17.8 Å². The minimum Gasteiger partial charge on any atom is -0.336 e. The number of aryl methyl sites for hydroxylation is 1. The summed E-state index contributed by atoms with van der Waals surface area (Å²) >= 11 is 0. The molecule has 1 aromatic carbocycles. The molecule has 3 rings (SSSR count). The minimum atomic E-state index is -0.00322. The van der Waals surface area contributed by atoms with Crippen molar-refractivity contribution in [3.63, 3.8) is 0 Å². The van der Waals surface area contributed by atoms with Gasteiger partial charge in [-0.1, -0.05) is 30.3 Å². The first-order valence-electron chi connectivity index (χ1n) is 8.25. The predicted molar refractivity (Wildman–Crippen MR) is 95.6 cm³/mol. The number of nitrogens with zero attached hydrogens (tertiary/aromatic N) is 4. The molecule has 0 fully saturated rings. The Hall–Kier alpha value is -2.40. The highest BCUT2D eigenvalue weighted by Gasteiger charge is 2.19. The van der Waals surface area contributed by atoms with Crippen molar-refractivity contribution in [3.05, 3.63) is 72.1 Å². The lowest BCUT2D eigenvalue weighted by molar-refractivity contribution is 0.355. The highest BCUT2D eigenvalue weighted by atomic mass is 15.3. The number of nitrogens with one attached hydrogen (secondary N) is 1. The summed E-state index contributed by atoms with van der Waals surface area (Å²) < 4.78 is 4.06. The molecule has 1 atom stereocenters. The number of hydrogen-bond donors (Lipinski definition) is 1. The lowest BCUT2D eigenvalue weighted by atomic mass is 10.1. The summed E-state index contributed by atoms with van der Waals surface area (Å²) in [5.41, 5.74) is 2.37. The van der Waals surface area contributed by atoms with Crippen molar-refractivity contribution in [1.29, 1.82) is 0 Å². The molecule has 0 aliphatic carbocycles. The molecule has 126 valence electrons. The topological polar surface area (TPSA) is 47.7 Å². The van der Waals surface area contributed by atoms with E-state index >= 15 is 0 Å². The van der Waals surface area contributed by atoms with Crippen LogP contribution in [0.15, 0.2) is 55.1 Å². The molecular weight excluding hydrogens is 298 g/mol. The normalized spacial score (nSPS) is 13.2. The van der Waals surface area contributed by atoms with Crippen LogP contribution in [0, 0.1) is 0 Å². The van der Waals surface area contributed by atoms with Crippen LogP contribution in [0.1, 0.15) is 43.8 Å². The van der Waals surface area contributed by atoms with Crippen LogP contribution in [-0.4, -0.2) is 19.3 Å². The molecule has 0 saturated heterocycles. The third-order valence-corrected chi connectivity index (χ3v) is 4.08. The maximum Gasteiger partial charge on any atom is 0.130 e. The fraction of sp³-hybridized carbons (Fsp3) is 0.368. The molecule has 0 radical (unpaired) electrons. The van der Waals surface area contributed by atoms with Gasteiger partial charge in [0.25, 0.3) is 0 Å². The second kappa shape index (κ2) is 6.61. The maximum atomic E-state index is 4.53. The molecule has 0 aliphatic rings. The molecule has 0 bridgehead atoms. The number of rotatable bonds is 5. The molecular formula is C19H25N5. The van der Waals surface area contributed by atoms with Gasteiger partial charge in [0, 0.05) is 37.7 Å². The van der Waals surface area contributed by atoms with Gasteiger partial charge in [-0.3, -0.25) is 10.00 Å². The molecule has 3 aromatic rings. The first-order valence-corrected chi connectivity index (χ1v) is 8.25. The summed E-state index contributed by atoms with van der Waals surface area (Å²) in [7, 11) is 2.03. The van der Waals surface area contributed by atoms with Crippen molar-refractivity contribution in [3.8, 4) is 0 Å². The zero-order valence-corrected chi connectivity index (χ0v) is 14.8. The van der Waals surface area contributed by atoms with Crippen molar-refractivity contribution < 1.29 is 0 Å². The molecule has 0 spiro atoms. The third-order valence-electron chi connectivity index (χ3n) is 4.08. The Morgan fingerprint density at radius 1 is 1.17 bits per heavy atom. The third kappa shape index (κ3) is 3.57. The zero-order valence-electron chi connectivity index (χ0n) is 14.8. The van der Waals surface area contributed by atoms with Crippen molar-refractivity contribution >= 4 is 0 Å². The monoisotopic (exact) mass is 323 g/mol. The predicted octanol–water partition coefficient (Wildman–Crippen LogP) is 3.25. The molecule has 2 aromatic heterocycles. The van der Waals surface area contributed by atoms with E-state index in [-0.39, 0.29) is 11.6 Å².